The van der Waals surface area contributed by atoms with Crippen molar-refractivity contribution in [2.45, 2.75) is 8.42 Å². The normalized spacial score (nSPS) is 16.3. The highest BCUT2D eigenvalue weighted by Crippen LogP contribution is 2.44. The molecule has 0 bridgehead atoms. The van der Waals surface area contributed by atoms with Gasteiger partial charge in [-0.2, -0.15) is 16.8 Å². The maximum atomic E-state index is 12.3. The first-order valence-corrected chi connectivity index (χ1v) is 12.0. The molecular formula is C13H12O10S4. The van der Waals surface area contributed by atoms with Gasteiger partial charge >= 0.3 is 20.2 Å². The van der Waals surface area contributed by atoms with Gasteiger partial charge in [0.1, 0.15) is 26.4 Å². The van der Waals surface area contributed by atoms with E-state index in [1.165, 1.54) is 10.8 Å². The number of hydrogen-bond acceptors (Lipinski definition) is 12. The Labute approximate surface area is 162 Å². The lowest BCUT2D eigenvalue weighted by Gasteiger charge is -2.16. The lowest BCUT2D eigenvalue weighted by atomic mass is 10.5. The first-order chi connectivity index (χ1) is 12.9. The van der Waals surface area contributed by atoms with Crippen LogP contribution < -0.4 is 18.9 Å². The largest absolute Gasteiger partial charge is 0.485 e. The molecule has 0 saturated heterocycles. The lowest BCUT2D eigenvalue weighted by Crippen LogP contribution is -2.18. The lowest BCUT2D eigenvalue weighted by molar-refractivity contribution is 0.130. The van der Waals surface area contributed by atoms with E-state index in [0.29, 0.717) is 24.7 Å². The second-order valence-corrected chi connectivity index (χ2v) is 10.5. The SMILES string of the molecule is O=S(=O)(OCOS(=O)(=O)c1scc2c1OCCO2)c1scc2c1OCCO2. The first-order valence-electron chi connectivity index (χ1n) is 7.41. The molecule has 2 aromatic heterocycles. The van der Waals surface area contributed by atoms with Gasteiger partial charge in [0, 0.05) is 10.8 Å². The standard InChI is InChI=1S/C13H12O10S4/c14-26(15,12-10-8(5-24-12)18-1-3-20-10)22-7-23-27(16,17)13-11-9(6-25-13)19-2-4-21-11/h5-6H,1-4,7H2. The molecule has 0 fully saturated rings. The summed E-state index contributed by atoms with van der Waals surface area (Å²) in [5.41, 5.74) is 0. The molecule has 0 amide bonds. The van der Waals surface area contributed by atoms with E-state index in [0.717, 1.165) is 22.7 Å². The van der Waals surface area contributed by atoms with Crippen molar-refractivity contribution < 1.29 is 44.1 Å². The van der Waals surface area contributed by atoms with E-state index in [4.69, 9.17) is 27.3 Å². The fourth-order valence-electron chi connectivity index (χ4n) is 2.28. The molecule has 2 aromatic rings. The molecule has 0 spiro atoms. The van der Waals surface area contributed by atoms with Gasteiger partial charge in [0.05, 0.1) is 0 Å². The Bertz CT molecular complexity index is 965. The minimum Gasteiger partial charge on any atom is -0.485 e. The summed E-state index contributed by atoms with van der Waals surface area (Å²) in [6.07, 6.45) is 0. The van der Waals surface area contributed by atoms with Gasteiger partial charge in [-0.25, -0.2) is 8.37 Å². The van der Waals surface area contributed by atoms with Crippen LogP contribution in [0.3, 0.4) is 0 Å². The van der Waals surface area contributed by atoms with Crippen LogP contribution in [0.2, 0.25) is 0 Å². The highest BCUT2D eigenvalue weighted by molar-refractivity contribution is 7.89. The molecule has 4 heterocycles. The van der Waals surface area contributed by atoms with E-state index < -0.39 is 27.0 Å². The zero-order valence-corrected chi connectivity index (χ0v) is 16.7. The molecule has 0 radical (unpaired) electrons. The van der Waals surface area contributed by atoms with Gasteiger partial charge in [-0.05, 0) is 0 Å². The minimum atomic E-state index is -4.30. The summed E-state index contributed by atoms with van der Waals surface area (Å²) in [6.45, 7) is -0.0260. The molecule has 4 rings (SSSR count). The van der Waals surface area contributed by atoms with Crippen molar-refractivity contribution in [3.8, 4) is 23.0 Å². The Balaban J connectivity index is 1.46. The third-order valence-corrected chi connectivity index (χ3v) is 8.76. The summed E-state index contributed by atoms with van der Waals surface area (Å²) < 4.78 is 79.3. The van der Waals surface area contributed by atoms with Gasteiger partial charge in [-0.15, -0.1) is 22.7 Å². The molecule has 0 aromatic carbocycles. The quantitative estimate of drug-likeness (QED) is 0.466. The summed E-state index contributed by atoms with van der Waals surface area (Å²) in [4.78, 5) is 0. The topological polar surface area (TPSA) is 124 Å². The number of thiophene rings is 2. The maximum Gasteiger partial charge on any atom is 0.312 e. The van der Waals surface area contributed by atoms with Crippen LogP contribution in [0, 0.1) is 0 Å². The summed E-state index contributed by atoms with van der Waals surface area (Å²) in [5, 5.41) is 2.94. The van der Waals surface area contributed by atoms with Gasteiger partial charge in [0.25, 0.3) is 0 Å². The first kappa shape index (κ1) is 18.8. The fraction of sp³-hybridized carbons (Fsp3) is 0.385. The van der Waals surface area contributed by atoms with Crippen molar-refractivity contribution in [3.63, 3.8) is 0 Å². The molecule has 2 aliphatic rings. The number of fused-ring (bicyclic) bond motifs is 2. The fourth-order valence-corrected chi connectivity index (χ4v) is 6.51. The van der Waals surface area contributed by atoms with Gasteiger partial charge in [-0.1, -0.05) is 0 Å². The van der Waals surface area contributed by atoms with E-state index in [9.17, 15) is 16.8 Å². The monoisotopic (exact) mass is 456 g/mol. The van der Waals surface area contributed by atoms with E-state index in [2.05, 4.69) is 0 Å². The van der Waals surface area contributed by atoms with E-state index >= 15 is 0 Å². The zero-order chi connectivity index (χ0) is 19.1. The molecule has 0 N–H and O–H groups in total. The van der Waals surface area contributed by atoms with Gasteiger partial charge < -0.3 is 18.9 Å². The highest BCUT2D eigenvalue weighted by atomic mass is 32.3. The molecule has 27 heavy (non-hydrogen) atoms. The van der Waals surface area contributed by atoms with Crippen molar-refractivity contribution in [1.82, 2.24) is 0 Å². The van der Waals surface area contributed by atoms with Crippen LogP contribution in [0.25, 0.3) is 0 Å². The zero-order valence-electron chi connectivity index (χ0n) is 13.4. The van der Waals surface area contributed by atoms with Gasteiger partial charge in [0.15, 0.2) is 38.2 Å². The predicted octanol–water partition coefficient (Wildman–Crippen LogP) is 1.42. The Kier molecular flexibility index (Phi) is 4.94. The third kappa shape index (κ3) is 3.60. The van der Waals surface area contributed by atoms with Crippen molar-refractivity contribution >= 4 is 42.9 Å². The van der Waals surface area contributed by atoms with E-state index in [1.54, 1.807) is 0 Å². The Morgan fingerprint density at radius 1 is 0.741 bits per heavy atom. The van der Waals surface area contributed by atoms with Crippen LogP contribution in [0.5, 0.6) is 23.0 Å². The van der Waals surface area contributed by atoms with Crippen molar-refractivity contribution in [1.29, 1.82) is 0 Å². The van der Waals surface area contributed by atoms with Crippen LogP contribution >= 0.6 is 22.7 Å². The van der Waals surface area contributed by atoms with Gasteiger partial charge in [-0.3, -0.25) is 0 Å². The van der Waals surface area contributed by atoms with Crippen LogP contribution in [0.1, 0.15) is 0 Å². The van der Waals surface area contributed by atoms with Crippen molar-refractivity contribution in [3.05, 3.63) is 10.8 Å². The van der Waals surface area contributed by atoms with Crippen LogP contribution in [-0.4, -0.2) is 50.1 Å². The predicted molar refractivity (Wildman–Crippen MR) is 92.0 cm³/mol. The van der Waals surface area contributed by atoms with E-state index in [-0.39, 0.29) is 33.1 Å². The molecule has 0 saturated carbocycles. The summed E-state index contributed by atoms with van der Waals surface area (Å²) in [6, 6.07) is 0. The molecule has 14 heteroatoms. The van der Waals surface area contributed by atoms with Crippen molar-refractivity contribution in [2.75, 3.05) is 33.2 Å². The summed E-state index contributed by atoms with van der Waals surface area (Å²) in [7, 11) is -8.59. The number of ether oxygens (including phenoxy) is 4. The molecule has 10 nitrogen and oxygen atoms in total. The minimum absolute atomic E-state index is 0.0481. The molecule has 2 aliphatic heterocycles. The molecule has 0 unspecified atom stereocenters. The number of rotatable bonds is 6. The van der Waals surface area contributed by atoms with Gasteiger partial charge in [0.2, 0.25) is 0 Å². The van der Waals surface area contributed by atoms with Crippen LogP contribution in [0.4, 0.5) is 0 Å². The van der Waals surface area contributed by atoms with Crippen LogP contribution in [0.15, 0.2) is 19.2 Å². The highest BCUT2D eigenvalue weighted by Gasteiger charge is 2.32. The Morgan fingerprint density at radius 3 is 1.59 bits per heavy atom. The third-order valence-electron chi connectivity index (χ3n) is 3.40. The van der Waals surface area contributed by atoms with Crippen molar-refractivity contribution in [2.24, 2.45) is 0 Å². The second kappa shape index (κ2) is 7.10. The maximum absolute atomic E-state index is 12.3. The molecule has 148 valence electrons. The average Bonchev–Trinajstić information content (AvgIpc) is 3.26. The van der Waals surface area contributed by atoms with E-state index in [1.807, 2.05) is 0 Å². The summed E-state index contributed by atoms with van der Waals surface area (Å²) in [5.74, 6) is 0.688. The summed E-state index contributed by atoms with van der Waals surface area (Å²) >= 11 is 1.69. The molecular weight excluding hydrogens is 444 g/mol. The Morgan fingerprint density at radius 2 is 1.15 bits per heavy atom. The smallest absolute Gasteiger partial charge is 0.312 e. The molecule has 0 aliphatic carbocycles. The number of hydrogen-bond donors (Lipinski definition) is 0. The second-order valence-electron chi connectivity index (χ2n) is 5.09. The average molecular weight is 456 g/mol. The Hall–Kier alpha value is -1.58. The van der Waals surface area contributed by atoms with Crippen LogP contribution in [-0.2, 0) is 28.6 Å². The molecule has 0 atom stereocenters.